The summed E-state index contributed by atoms with van der Waals surface area (Å²) in [6, 6.07) is 18.3. The van der Waals surface area contributed by atoms with E-state index in [2.05, 4.69) is 47.5 Å². The van der Waals surface area contributed by atoms with Gasteiger partial charge in [0.05, 0.1) is 12.1 Å². The average Bonchev–Trinajstić information content (AvgIpc) is 3.74. The van der Waals surface area contributed by atoms with Gasteiger partial charge in [-0.3, -0.25) is 19.6 Å². The number of amides is 2. The Morgan fingerprint density at radius 3 is 2.45 bits per heavy atom. The van der Waals surface area contributed by atoms with Crippen molar-refractivity contribution in [2.24, 2.45) is 0 Å². The summed E-state index contributed by atoms with van der Waals surface area (Å²) >= 11 is 0. The van der Waals surface area contributed by atoms with Gasteiger partial charge in [-0.25, -0.2) is 15.0 Å². The first-order valence-corrected chi connectivity index (χ1v) is 15.5. The van der Waals surface area contributed by atoms with Crippen molar-refractivity contribution in [3.63, 3.8) is 0 Å². The molecule has 3 aromatic heterocycles. The molecule has 5 heterocycles. The summed E-state index contributed by atoms with van der Waals surface area (Å²) in [6.07, 6.45) is 5.34. The Morgan fingerprint density at radius 1 is 0.957 bits per heavy atom. The Kier molecular flexibility index (Phi) is 8.31. The topological polar surface area (TPSA) is 132 Å². The van der Waals surface area contributed by atoms with E-state index >= 15 is 0 Å². The van der Waals surface area contributed by atoms with Gasteiger partial charge >= 0.3 is 0 Å². The van der Waals surface area contributed by atoms with Gasteiger partial charge in [0, 0.05) is 92.9 Å². The maximum absolute atomic E-state index is 13.6. The lowest BCUT2D eigenvalue weighted by molar-refractivity contribution is -0.138. The number of hydrogen-bond donors (Lipinski definition) is 2. The predicted molar refractivity (Wildman–Crippen MR) is 175 cm³/mol. The molecule has 2 aromatic carbocycles. The molecule has 0 bridgehead atoms. The number of piperazine rings is 1. The predicted octanol–water partition coefficient (Wildman–Crippen LogP) is 3.60. The van der Waals surface area contributed by atoms with Gasteiger partial charge in [-0.2, -0.15) is 9.49 Å². The van der Waals surface area contributed by atoms with Crippen LogP contribution < -0.4 is 10.2 Å². The number of ether oxygens (including phenoxy) is 1. The van der Waals surface area contributed by atoms with Crippen LogP contribution in [0, 0.1) is 5.95 Å². The average molecular weight is 636 g/mol. The molecule has 2 N–H and O–H groups in total. The maximum Gasteiger partial charge on any atom is 0.258 e. The minimum Gasteiger partial charge on any atom is -0.368 e. The second kappa shape index (κ2) is 12.9. The third-order valence-corrected chi connectivity index (χ3v) is 8.98. The molecule has 13 heteroatoms. The van der Waals surface area contributed by atoms with E-state index in [9.17, 15) is 14.0 Å². The number of aromatic amines is 1. The van der Waals surface area contributed by atoms with Crippen molar-refractivity contribution in [1.29, 1.82) is 0 Å². The molecule has 5 aromatic rings. The third-order valence-electron chi connectivity index (χ3n) is 8.98. The molecule has 0 saturated carbocycles. The first-order valence-electron chi connectivity index (χ1n) is 15.5. The van der Waals surface area contributed by atoms with Crippen molar-refractivity contribution in [3.8, 4) is 22.6 Å². The highest BCUT2D eigenvalue weighted by Gasteiger charge is 2.45. The summed E-state index contributed by atoms with van der Waals surface area (Å²) in [5.74, 6) is -0.112. The molecule has 2 fully saturated rings. The van der Waals surface area contributed by atoms with E-state index in [0.717, 1.165) is 35.2 Å². The van der Waals surface area contributed by atoms with E-state index in [1.807, 2.05) is 34.1 Å². The number of carbonyl (C=O) groups is 2. The van der Waals surface area contributed by atoms with E-state index in [0.29, 0.717) is 55.4 Å². The molecule has 0 spiro atoms. The molecule has 2 amide bonds. The van der Waals surface area contributed by atoms with Crippen LogP contribution in [-0.2, 0) is 14.3 Å². The number of pyridine rings is 1. The van der Waals surface area contributed by atoms with Crippen molar-refractivity contribution in [2.45, 2.75) is 12.0 Å². The SMILES string of the molecule is CO[C@@]1(C(=O)Nc2ccc3[nH]nc(-c4ccc(F)nc4)c3c2)CCN(CC(=O)N2CCN(c3ccc(-c4ncccn4)cc3)CC2)C1. The molecular weight excluding hydrogens is 601 g/mol. The van der Waals surface area contributed by atoms with E-state index in [1.54, 1.807) is 30.6 Å². The van der Waals surface area contributed by atoms with E-state index in [1.165, 1.54) is 19.4 Å². The first-order chi connectivity index (χ1) is 22.9. The van der Waals surface area contributed by atoms with Crippen LogP contribution in [0.5, 0.6) is 0 Å². The monoisotopic (exact) mass is 635 g/mol. The molecule has 7 rings (SSSR count). The van der Waals surface area contributed by atoms with Crippen LogP contribution >= 0.6 is 0 Å². The number of halogens is 1. The highest BCUT2D eigenvalue weighted by Crippen LogP contribution is 2.31. The Hall–Kier alpha value is -5.27. The first kappa shape index (κ1) is 30.4. The van der Waals surface area contributed by atoms with Crippen LogP contribution in [0.15, 0.2) is 79.3 Å². The number of methoxy groups -OCH3 is 1. The lowest BCUT2D eigenvalue weighted by atomic mass is 10.0. The van der Waals surface area contributed by atoms with E-state index in [4.69, 9.17) is 4.74 Å². The second-order valence-corrected chi connectivity index (χ2v) is 11.8. The van der Waals surface area contributed by atoms with Crippen molar-refractivity contribution in [2.75, 3.05) is 63.1 Å². The zero-order chi connectivity index (χ0) is 32.4. The van der Waals surface area contributed by atoms with Crippen molar-refractivity contribution < 1.29 is 18.7 Å². The van der Waals surface area contributed by atoms with Crippen molar-refractivity contribution in [3.05, 3.63) is 85.2 Å². The molecule has 0 aliphatic carbocycles. The number of fused-ring (bicyclic) bond motifs is 1. The quantitative estimate of drug-likeness (QED) is 0.246. The van der Waals surface area contributed by atoms with Gasteiger partial charge in [-0.05, 0) is 67.1 Å². The smallest absolute Gasteiger partial charge is 0.258 e. The molecule has 0 radical (unpaired) electrons. The van der Waals surface area contributed by atoms with Gasteiger partial charge < -0.3 is 19.9 Å². The number of likely N-dealkylation sites (tertiary alicyclic amines) is 1. The van der Waals surface area contributed by atoms with Gasteiger partial charge in [0.15, 0.2) is 11.4 Å². The summed E-state index contributed by atoms with van der Waals surface area (Å²) in [5, 5.41) is 11.1. The lowest BCUT2D eigenvalue weighted by Crippen LogP contribution is -2.52. The molecular formula is C34H34FN9O3. The molecule has 2 aliphatic rings. The largest absolute Gasteiger partial charge is 0.368 e. The summed E-state index contributed by atoms with van der Waals surface area (Å²) in [6.45, 7) is 3.80. The fraction of sp³-hybridized carbons (Fsp3) is 0.294. The van der Waals surface area contributed by atoms with Crippen LogP contribution in [-0.4, -0.2) is 105 Å². The van der Waals surface area contributed by atoms with Gasteiger partial charge in [-0.1, -0.05) is 0 Å². The van der Waals surface area contributed by atoms with Crippen LogP contribution in [0.2, 0.25) is 0 Å². The fourth-order valence-electron chi connectivity index (χ4n) is 6.29. The summed E-state index contributed by atoms with van der Waals surface area (Å²) < 4.78 is 19.2. The minimum absolute atomic E-state index is 0.0433. The lowest BCUT2D eigenvalue weighted by Gasteiger charge is -2.37. The van der Waals surface area contributed by atoms with Gasteiger partial charge in [0.2, 0.25) is 11.9 Å². The third kappa shape index (κ3) is 6.27. The number of anilines is 2. The number of hydrogen-bond acceptors (Lipinski definition) is 9. The number of benzene rings is 2. The molecule has 47 heavy (non-hydrogen) atoms. The highest BCUT2D eigenvalue weighted by molar-refractivity contribution is 6.01. The molecule has 12 nitrogen and oxygen atoms in total. The maximum atomic E-state index is 13.6. The summed E-state index contributed by atoms with van der Waals surface area (Å²) in [7, 11) is 1.53. The number of nitrogens with zero attached hydrogens (tertiary/aromatic N) is 7. The number of rotatable bonds is 8. The van der Waals surface area contributed by atoms with Crippen LogP contribution in [0.25, 0.3) is 33.5 Å². The van der Waals surface area contributed by atoms with Crippen LogP contribution in [0.4, 0.5) is 15.8 Å². The standard InChI is InChI=1S/C34H34FN9O3/c1-47-34(33(46)39-25-6-9-28-27(19-25)31(41-40-28)24-5-10-29(35)38-20-24)11-14-42(22-34)21-30(45)44-17-15-43(16-18-44)26-7-3-23(4-8-26)32-36-12-2-13-37-32/h2-10,12-13,19-20H,11,14-18,21-22H2,1H3,(H,39,46)(H,40,41)/t34-/m0/s1. The van der Waals surface area contributed by atoms with Crippen molar-refractivity contribution in [1.82, 2.24) is 34.9 Å². The van der Waals surface area contributed by atoms with E-state index in [-0.39, 0.29) is 18.4 Å². The van der Waals surface area contributed by atoms with Crippen molar-refractivity contribution >= 4 is 34.1 Å². The zero-order valence-electron chi connectivity index (χ0n) is 25.9. The van der Waals surface area contributed by atoms with Gasteiger partial charge in [0.25, 0.3) is 5.91 Å². The Bertz CT molecular complexity index is 1880. The molecule has 2 saturated heterocycles. The minimum atomic E-state index is -1.09. The second-order valence-electron chi connectivity index (χ2n) is 11.8. The Morgan fingerprint density at radius 2 is 1.72 bits per heavy atom. The normalized spacial score (nSPS) is 18.5. The van der Waals surface area contributed by atoms with Crippen LogP contribution in [0.3, 0.4) is 0 Å². The fourth-order valence-corrected chi connectivity index (χ4v) is 6.29. The molecule has 1 atom stereocenters. The summed E-state index contributed by atoms with van der Waals surface area (Å²) in [5.41, 5.74) is 3.57. The molecule has 240 valence electrons. The van der Waals surface area contributed by atoms with Gasteiger partial charge in [0.1, 0.15) is 5.69 Å². The molecule has 2 aliphatic heterocycles. The molecule has 0 unspecified atom stereocenters. The highest BCUT2D eigenvalue weighted by atomic mass is 19.1. The summed E-state index contributed by atoms with van der Waals surface area (Å²) in [4.78, 5) is 45.4. The number of nitrogens with one attached hydrogen (secondary N) is 2. The number of H-pyrrole nitrogens is 1. The Balaban J connectivity index is 0.939. The zero-order valence-corrected chi connectivity index (χ0v) is 25.9. The van der Waals surface area contributed by atoms with Gasteiger partial charge in [-0.15, -0.1) is 0 Å². The number of aromatic nitrogens is 5. The van der Waals surface area contributed by atoms with E-state index < -0.39 is 11.5 Å². The number of carbonyl (C=O) groups excluding carboxylic acids is 2. The Labute approximate surface area is 270 Å². The van der Waals surface area contributed by atoms with Crippen LogP contribution in [0.1, 0.15) is 6.42 Å².